The molecule has 1 aliphatic carbocycles. The number of esters is 1. The van der Waals surface area contributed by atoms with E-state index in [1.807, 2.05) is 6.92 Å². The third-order valence-corrected chi connectivity index (χ3v) is 2.85. The lowest BCUT2D eigenvalue weighted by atomic mass is 9.85. The number of nitrogens with zero attached hydrogens (tertiary/aromatic N) is 1. The van der Waals surface area contributed by atoms with E-state index in [4.69, 9.17) is 4.74 Å². The molecular formula is C13H15NO2. The standard InChI is InChI=1S/C13H15NO2/c1-3-16-13(15)11-5-4-8-14-12(11)10-7-6-9(10)2/h4-5,8H,3,6-7H2,1-2H3. The fourth-order valence-electron chi connectivity index (χ4n) is 1.84. The van der Waals surface area contributed by atoms with Crippen LogP contribution in [0.3, 0.4) is 0 Å². The molecule has 84 valence electrons. The van der Waals surface area contributed by atoms with Gasteiger partial charge in [-0.15, -0.1) is 0 Å². The van der Waals surface area contributed by atoms with E-state index in [2.05, 4.69) is 11.9 Å². The number of carbonyl (C=O) groups is 1. The van der Waals surface area contributed by atoms with Crippen LogP contribution in [0.4, 0.5) is 0 Å². The average molecular weight is 217 g/mol. The highest BCUT2D eigenvalue weighted by Gasteiger charge is 2.22. The first-order valence-corrected chi connectivity index (χ1v) is 5.55. The molecule has 0 fully saturated rings. The Bertz CT molecular complexity index is 449. The van der Waals surface area contributed by atoms with Crippen LogP contribution >= 0.6 is 0 Å². The van der Waals surface area contributed by atoms with Crippen molar-refractivity contribution >= 4 is 11.5 Å². The molecule has 0 N–H and O–H groups in total. The molecule has 0 saturated carbocycles. The molecule has 0 radical (unpaired) electrons. The van der Waals surface area contributed by atoms with Crippen LogP contribution in [0.15, 0.2) is 23.9 Å². The van der Waals surface area contributed by atoms with Crippen LogP contribution in [-0.2, 0) is 4.74 Å². The van der Waals surface area contributed by atoms with Crippen molar-refractivity contribution in [3.63, 3.8) is 0 Å². The van der Waals surface area contributed by atoms with Gasteiger partial charge in [0.25, 0.3) is 0 Å². The van der Waals surface area contributed by atoms with E-state index >= 15 is 0 Å². The van der Waals surface area contributed by atoms with Gasteiger partial charge in [0.15, 0.2) is 0 Å². The Labute approximate surface area is 95.2 Å². The zero-order valence-corrected chi connectivity index (χ0v) is 9.62. The van der Waals surface area contributed by atoms with Gasteiger partial charge in [0.1, 0.15) is 0 Å². The van der Waals surface area contributed by atoms with Crippen LogP contribution in [0.5, 0.6) is 0 Å². The summed E-state index contributed by atoms with van der Waals surface area (Å²) in [5.74, 6) is -0.280. The quantitative estimate of drug-likeness (QED) is 0.731. The van der Waals surface area contributed by atoms with Crippen molar-refractivity contribution in [2.45, 2.75) is 26.7 Å². The van der Waals surface area contributed by atoms with Crippen LogP contribution in [0.25, 0.3) is 5.57 Å². The first-order valence-electron chi connectivity index (χ1n) is 5.55. The fraction of sp³-hybridized carbons (Fsp3) is 0.385. The molecule has 1 aliphatic rings. The number of aromatic nitrogens is 1. The fourth-order valence-corrected chi connectivity index (χ4v) is 1.84. The first kappa shape index (κ1) is 10.9. The predicted molar refractivity (Wildman–Crippen MR) is 62.0 cm³/mol. The topological polar surface area (TPSA) is 39.2 Å². The number of rotatable bonds is 3. The van der Waals surface area contributed by atoms with Crippen LogP contribution in [0.2, 0.25) is 0 Å². The zero-order chi connectivity index (χ0) is 11.5. The summed E-state index contributed by atoms with van der Waals surface area (Å²) in [5, 5.41) is 0. The van der Waals surface area contributed by atoms with Gasteiger partial charge >= 0.3 is 5.97 Å². The molecule has 1 aromatic heterocycles. The molecule has 0 aromatic carbocycles. The molecule has 0 atom stereocenters. The van der Waals surface area contributed by atoms with E-state index < -0.39 is 0 Å². The molecule has 0 amide bonds. The summed E-state index contributed by atoms with van der Waals surface area (Å²) in [6.45, 7) is 4.29. The maximum absolute atomic E-state index is 11.7. The van der Waals surface area contributed by atoms with Crippen molar-refractivity contribution in [3.8, 4) is 0 Å². The highest BCUT2D eigenvalue weighted by atomic mass is 16.5. The average Bonchev–Trinajstić information content (AvgIpc) is 2.28. The maximum Gasteiger partial charge on any atom is 0.340 e. The van der Waals surface area contributed by atoms with Gasteiger partial charge in [0.2, 0.25) is 0 Å². The monoisotopic (exact) mass is 217 g/mol. The van der Waals surface area contributed by atoms with E-state index in [1.165, 1.54) is 11.1 Å². The molecule has 0 spiro atoms. The summed E-state index contributed by atoms with van der Waals surface area (Å²) < 4.78 is 5.02. The number of ether oxygens (including phenoxy) is 1. The number of allylic oxidation sites excluding steroid dienone is 2. The summed E-state index contributed by atoms with van der Waals surface area (Å²) >= 11 is 0. The van der Waals surface area contributed by atoms with E-state index in [1.54, 1.807) is 18.3 Å². The second kappa shape index (κ2) is 4.47. The molecule has 0 bridgehead atoms. The van der Waals surface area contributed by atoms with Crippen molar-refractivity contribution in [1.29, 1.82) is 0 Å². The van der Waals surface area contributed by atoms with Crippen LogP contribution < -0.4 is 0 Å². The highest BCUT2D eigenvalue weighted by Crippen LogP contribution is 2.36. The SMILES string of the molecule is CCOC(=O)c1cccnc1C1=C(C)CC1. The van der Waals surface area contributed by atoms with E-state index in [9.17, 15) is 4.79 Å². The molecule has 1 aromatic rings. The number of pyridine rings is 1. The predicted octanol–water partition coefficient (Wildman–Crippen LogP) is 2.83. The molecule has 0 saturated heterocycles. The van der Waals surface area contributed by atoms with Gasteiger partial charge in [-0.3, -0.25) is 4.98 Å². The minimum atomic E-state index is -0.280. The van der Waals surface area contributed by atoms with E-state index in [0.29, 0.717) is 12.2 Å². The van der Waals surface area contributed by atoms with E-state index in [0.717, 1.165) is 18.5 Å². The van der Waals surface area contributed by atoms with Gasteiger partial charge < -0.3 is 4.74 Å². The summed E-state index contributed by atoms with van der Waals surface area (Å²) in [4.78, 5) is 16.0. The molecule has 3 nitrogen and oxygen atoms in total. The molecule has 3 heteroatoms. The summed E-state index contributed by atoms with van der Waals surface area (Å²) in [7, 11) is 0. The Kier molecular flexibility index (Phi) is 3.04. The Balaban J connectivity index is 2.39. The molecule has 16 heavy (non-hydrogen) atoms. The highest BCUT2D eigenvalue weighted by molar-refractivity contribution is 5.95. The smallest absolute Gasteiger partial charge is 0.340 e. The normalized spacial score (nSPS) is 14.6. The Morgan fingerprint density at radius 1 is 1.50 bits per heavy atom. The van der Waals surface area contributed by atoms with Crippen LogP contribution in [-0.4, -0.2) is 17.6 Å². The summed E-state index contributed by atoms with van der Waals surface area (Å²) in [5.41, 5.74) is 3.90. The van der Waals surface area contributed by atoms with Gasteiger partial charge in [-0.25, -0.2) is 4.79 Å². The van der Waals surface area contributed by atoms with Crippen molar-refractivity contribution in [2.24, 2.45) is 0 Å². The zero-order valence-electron chi connectivity index (χ0n) is 9.62. The Morgan fingerprint density at radius 3 is 2.88 bits per heavy atom. The summed E-state index contributed by atoms with van der Waals surface area (Å²) in [6, 6.07) is 3.54. The third-order valence-electron chi connectivity index (χ3n) is 2.85. The van der Waals surface area contributed by atoms with Crippen molar-refractivity contribution in [3.05, 3.63) is 35.2 Å². The second-order valence-electron chi connectivity index (χ2n) is 3.88. The minimum absolute atomic E-state index is 0.280. The molecule has 0 unspecified atom stereocenters. The number of hydrogen-bond acceptors (Lipinski definition) is 3. The van der Waals surface area contributed by atoms with Crippen molar-refractivity contribution < 1.29 is 9.53 Å². The summed E-state index contributed by atoms with van der Waals surface area (Å²) in [6.07, 6.45) is 3.83. The number of hydrogen-bond donors (Lipinski definition) is 0. The maximum atomic E-state index is 11.7. The molecule has 2 rings (SSSR count). The van der Waals surface area contributed by atoms with Gasteiger partial charge in [-0.1, -0.05) is 5.57 Å². The lowest BCUT2D eigenvalue weighted by Crippen LogP contribution is -2.12. The van der Waals surface area contributed by atoms with Gasteiger partial charge in [-0.05, 0) is 44.4 Å². The van der Waals surface area contributed by atoms with Crippen molar-refractivity contribution in [1.82, 2.24) is 4.98 Å². The van der Waals surface area contributed by atoms with Crippen molar-refractivity contribution in [2.75, 3.05) is 6.61 Å². The van der Waals surface area contributed by atoms with Gasteiger partial charge in [0, 0.05) is 6.20 Å². The second-order valence-corrected chi connectivity index (χ2v) is 3.88. The van der Waals surface area contributed by atoms with Gasteiger partial charge in [-0.2, -0.15) is 0 Å². The minimum Gasteiger partial charge on any atom is -0.462 e. The molecule has 1 heterocycles. The Morgan fingerprint density at radius 2 is 2.31 bits per heavy atom. The largest absolute Gasteiger partial charge is 0.462 e. The van der Waals surface area contributed by atoms with Gasteiger partial charge in [0.05, 0.1) is 17.9 Å². The first-order chi connectivity index (χ1) is 7.74. The van der Waals surface area contributed by atoms with Crippen LogP contribution in [0, 0.1) is 0 Å². The number of carbonyl (C=O) groups excluding carboxylic acids is 1. The molecular weight excluding hydrogens is 202 g/mol. The lowest BCUT2D eigenvalue weighted by Gasteiger charge is -2.21. The Hall–Kier alpha value is -1.64. The molecule has 0 aliphatic heterocycles. The lowest BCUT2D eigenvalue weighted by molar-refractivity contribution is 0.0525. The third kappa shape index (κ3) is 1.85. The van der Waals surface area contributed by atoms with E-state index in [-0.39, 0.29) is 5.97 Å². The van der Waals surface area contributed by atoms with Crippen LogP contribution in [0.1, 0.15) is 42.7 Å².